The highest BCUT2D eigenvalue weighted by Gasteiger charge is 2.29. The van der Waals surface area contributed by atoms with Crippen LogP contribution in [-0.2, 0) is 11.8 Å². The number of hydrogen-bond donors (Lipinski definition) is 1. The van der Waals surface area contributed by atoms with E-state index in [0.29, 0.717) is 30.2 Å². The number of nitrogens with zero attached hydrogens (tertiary/aromatic N) is 5. The average molecular weight is 489 g/mol. The number of aryl methyl sites for hydroxylation is 1. The van der Waals surface area contributed by atoms with E-state index in [-0.39, 0.29) is 16.3 Å². The van der Waals surface area contributed by atoms with Crippen molar-refractivity contribution in [2.45, 2.75) is 31.9 Å². The summed E-state index contributed by atoms with van der Waals surface area (Å²) in [6.07, 6.45) is 2.50. The number of anilines is 2. The second kappa shape index (κ2) is 9.19. The van der Waals surface area contributed by atoms with Gasteiger partial charge in [-0.15, -0.1) is 0 Å². The summed E-state index contributed by atoms with van der Waals surface area (Å²) in [7, 11) is 3.47. The molecule has 0 amide bonds. The molecule has 0 aliphatic carbocycles. The van der Waals surface area contributed by atoms with Crippen molar-refractivity contribution in [2.24, 2.45) is 7.05 Å². The summed E-state index contributed by atoms with van der Waals surface area (Å²) >= 11 is 6.31. The molecule has 1 aromatic carbocycles. The smallest absolute Gasteiger partial charge is 0.295 e. The van der Waals surface area contributed by atoms with E-state index in [0.717, 1.165) is 24.1 Å². The average Bonchev–Trinajstić information content (AvgIpc) is 3.43. The normalized spacial score (nSPS) is 16.4. The van der Waals surface area contributed by atoms with Crippen LogP contribution in [0.25, 0.3) is 22.4 Å². The van der Waals surface area contributed by atoms with Gasteiger partial charge in [-0.3, -0.25) is 4.57 Å². The molecule has 0 bridgehead atoms. The van der Waals surface area contributed by atoms with Gasteiger partial charge >= 0.3 is 0 Å². The second-order valence-corrected chi connectivity index (χ2v) is 8.44. The van der Waals surface area contributed by atoms with Crippen LogP contribution >= 0.6 is 11.6 Å². The Bertz CT molecular complexity index is 1330. The van der Waals surface area contributed by atoms with Gasteiger partial charge in [-0.05, 0) is 31.4 Å². The Morgan fingerprint density at radius 3 is 2.74 bits per heavy atom. The monoisotopic (exact) mass is 488 g/mol. The number of methoxy groups -OCH3 is 1. The molecule has 0 saturated carbocycles. The van der Waals surface area contributed by atoms with Crippen LogP contribution < -0.4 is 10.1 Å². The lowest BCUT2D eigenvalue weighted by atomic mass is 10.1. The lowest BCUT2D eigenvalue weighted by Crippen LogP contribution is -2.20. The molecule has 1 saturated heterocycles. The number of alkyl halides is 2. The first-order valence-electron chi connectivity index (χ1n) is 10.9. The lowest BCUT2D eigenvalue weighted by molar-refractivity contribution is -0.0363. The molecule has 1 atom stereocenters. The van der Waals surface area contributed by atoms with E-state index >= 15 is 0 Å². The Balaban J connectivity index is 1.59. The standard InChI is InChI=1S/C23H23ClF2N6O2/c1-31-12-27-11-16(31)13-6-7-14(17(9-13)33-2)28-15-10-18(24)29-22-20(15)30-23(21(25)26)32(22)19-5-3-4-8-34-19/h6-7,9-12,19,21H,3-5,8H2,1-2H3,(H,28,29). The first-order valence-corrected chi connectivity index (χ1v) is 11.2. The maximum atomic E-state index is 14.0. The van der Waals surface area contributed by atoms with Gasteiger partial charge in [0.1, 0.15) is 22.6 Å². The molecular formula is C23H23ClF2N6O2. The first kappa shape index (κ1) is 22.5. The first-order chi connectivity index (χ1) is 16.5. The SMILES string of the molecule is COc1cc(-c2cncn2C)ccc1Nc1cc(Cl)nc2c1nc(C(F)F)n2C1CCCCO1. The van der Waals surface area contributed by atoms with Crippen LogP contribution in [-0.4, -0.2) is 37.8 Å². The van der Waals surface area contributed by atoms with Crippen molar-refractivity contribution in [3.05, 3.63) is 47.8 Å². The van der Waals surface area contributed by atoms with E-state index in [1.54, 1.807) is 25.7 Å². The molecule has 1 N–H and O–H groups in total. The van der Waals surface area contributed by atoms with Gasteiger partial charge in [-0.1, -0.05) is 17.7 Å². The van der Waals surface area contributed by atoms with Crippen LogP contribution in [0.5, 0.6) is 5.75 Å². The number of ether oxygens (including phenoxy) is 2. The number of nitrogens with one attached hydrogen (secondary N) is 1. The predicted molar refractivity (Wildman–Crippen MR) is 125 cm³/mol. The van der Waals surface area contributed by atoms with E-state index < -0.39 is 18.5 Å². The highest BCUT2D eigenvalue weighted by molar-refractivity contribution is 6.30. The molecule has 3 aromatic heterocycles. The van der Waals surface area contributed by atoms with E-state index in [1.165, 1.54) is 4.57 Å². The summed E-state index contributed by atoms with van der Waals surface area (Å²) in [5.74, 6) is 0.169. The number of hydrogen-bond acceptors (Lipinski definition) is 6. The molecule has 4 heterocycles. The molecule has 4 aromatic rings. The lowest BCUT2D eigenvalue weighted by Gasteiger charge is -2.25. The van der Waals surface area contributed by atoms with Gasteiger partial charge in [-0.2, -0.15) is 0 Å². The molecule has 0 radical (unpaired) electrons. The highest BCUT2D eigenvalue weighted by atomic mass is 35.5. The Labute approximate surface area is 199 Å². The van der Waals surface area contributed by atoms with E-state index in [1.807, 2.05) is 29.8 Å². The zero-order chi connectivity index (χ0) is 23.8. The van der Waals surface area contributed by atoms with Crippen molar-refractivity contribution in [1.82, 2.24) is 24.1 Å². The number of fused-ring (bicyclic) bond motifs is 1. The quantitative estimate of drug-likeness (QED) is 0.342. The number of imidazole rings is 2. The molecule has 34 heavy (non-hydrogen) atoms. The van der Waals surface area contributed by atoms with E-state index in [4.69, 9.17) is 21.1 Å². The minimum absolute atomic E-state index is 0.151. The van der Waals surface area contributed by atoms with Crippen molar-refractivity contribution in [3.8, 4) is 17.0 Å². The number of aromatic nitrogens is 5. The summed E-state index contributed by atoms with van der Waals surface area (Å²) in [4.78, 5) is 12.7. The number of halogens is 3. The van der Waals surface area contributed by atoms with Crippen molar-refractivity contribution < 1.29 is 18.3 Å². The fraction of sp³-hybridized carbons (Fsp3) is 0.348. The maximum Gasteiger partial charge on any atom is 0.295 e. The number of benzene rings is 1. The fourth-order valence-corrected chi connectivity index (χ4v) is 4.43. The third-order valence-electron chi connectivity index (χ3n) is 5.87. The Morgan fingerprint density at radius 1 is 1.21 bits per heavy atom. The summed E-state index contributed by atoms with van der Waals surface area (Å²) < 4.78 is 42.6. The van der Waals surface area contributed by atoms with Gasteiger partial charge in [0.2, 0.25) is 0 Å². The van der Waals surface area contributed by atoms with E-state index in [9.17, 15) is 8.78 Å². The van der Waals surface area contributed by atoms with E-state index in [2.05, 4.69) is 20.3 Å². The largest absolute Gasteiger partial charge is 0.495 e. The summed E-state index contributed by atoms with van der Waals surface area (Å²) in [5.41, 5.74) is 3.44. The van der Waals surface area contributed by atoms with Crippen molar-refractivity contribution in [2.75, 3.05) is 19.0 Å². The topological polar surface area (TPSA) is 79.0 Å². The summed E-state index contributed by atoms with van der Waals surface area (Å²) in [5, 5.41) is 3.39. The van der Waals surface area contributed by atoms with Crippen LogP contribution in [0.2, 0.25) is 5.15 Å². The highest BCUT2D eigenvalue weighted by Crippen LogP contribution is 2.38. The van der Waals surface area contributed by atoms with Crippen LogP contribution in [0.1, 0.15) is 37.7 Å². The van der Waals surface area contributed by atoms with Gasteiger partial charge < -0.3 is 19.4 Å². The van der Waals surface area contributed by atoms with Gasteiger partial charge in [0.05, 0.1) is 36.7 Å². The minimum Gasteiger partial charge on any atom is -0.495 e. The summed E-state index contributed by atoms with van der Waals surface area (Å²) in [6, 6.07) is 7.20. The third-order valence-corrected chi connectivity index (χ3v) is 6.06. The molecule has 5 rings (SSSR count). The fourth-order valence-electron chi connectivity index (χ4n) is 4.24. The Kier molecular flexibility index (Phi) is 6.09. The van der Waals surface area contributed by atoms with Crippen LogP contribution in [0.15, 0.2) is 36.8 Å². The van der Waals surface area contributed by atoms with Gasteiger partial charge in [0.25, 0.3) is 6.43 Å². The molecule has 0 spiro atoms. The van der Waals surface area contributed by atoms with Crippen LogP contribution in [0.3, 0.4) is 0 Å². The minimum atomic E-state index is -2.79. The summed E-state index contributed by atoms with van der Waals surface area (Å²) in [6.45, 7) is 0.499. The molecule has 1 aliphatic heterocycles. The van der Waals surface area contributed by atoms with Gasteiger partial charge in [-0.25, -0.2) is 23.7 Å². The third kappa shape index (κ3) is 4.07. The Morgan fingerprint density at radius 2 is 2.06 bits per heavy atom. The zero-order valence-corrected chi connectivity index (χ0v) is 19.4. The molecule has 11 heteroatoms. The van der Waals surface area contributed by atoms with Crippen LogP contribution in [0.4, 0.5) is 20.2 Å². The number of rotatable bonds is 6. The van der Waals surface area contributed by atoms with Gasteiger partial charge in [0.15, 0.2) is 11.5 Å². The molecule has 178 valence electrons. The maximum absolute atomic E-state index is 14.0. The Hall–Kier alpha value is -3.24. The second-order valence-electron chi connectivity index (χ2n) is 8.06. The zero-order valence-electron chi connectivity index (χ0n) is 18.6. The number of pyridine rings is 1. The van der Waals surface area contributed by atoms with Crippen LogP contribution in [0, 0.1) is 0 Å². The van der Waals surface area contributed by atoms with Crippen molar-refractivity contribution in [1.29, 1.82) is 0 Å². The van der Waals surface area contributed by atoms with Crippen molar-refractivity contribution in [3.63, 3.8) is 0 Å². The van der Waals surface area contributed by atoms with Crippen molar-refractivity contribution >= 4 is 34.1 Å². The predicted octanol–water partition coefficient (Wildman–Crippen LogP) is 5.87. The van der Waals surface area contributed by atoms with Gasteiger partial charge in [0, 0.05) is 25.3 Å². The molecule has 1 aliphatic rings. The molecule has 1 unspecified atom stereocenters. The molecule has 8 nitrogen and oxygen atoms in total. The molecule has 1 fully saturated rings. The molecular weight excluding hydrogens is 466 g/mol.